The SMILES string of the molecule is Clc1ccc(-c2cccc(C(c3ccccc3)(c3ccccc3)c3ccccc3)c2)cc1. The average Bonchev–Trinajstić information content (AvgIpc) is 2.87. The highest BCUT2D eigenvalue weighted by Crippen LogP contribution is 2.45. The van der Waals surface area contributed by atoms with Gasteiger partial charge in [-0.2, -0.15) is 0 Å². The lowest BCUT2D eigenvalue weighted by molar-refractivity contribution is 0.745. The van der Waals surface area contributed by atoms with Crippen molar-refractivity contribution in [3.63, 3.8) is 0 Å². The summed E-state index contributed by atoms with van der Waals surface area (Å²) in [5.74, 6) is 0. The van der Waals surface area contributed by atoms with E-state index in [1.165, 1.54) is 27.8 Å². The minimum absolute atomic E-state index is 0.438. The Morgan fingerprint density at radius 1 is 0.375 bits per heavy atom. The molecule has 0 aromatic heterocycles. The van der Waals surface area contributed by atoms with Crippen LogP contribution in [-0.4, -0.2) is 0 Å². The Labute approximate surface area is 194 Å². The van der Waals surface area contributed by atoms with Crippen LogP contribution in [0.3, 0.4) is 0 Å². The van der Waals surface area contributed by atoms with Crippen LogP contribution in [-0.2, 0) is 5.41 Å². The van der Waals surface area contributed by atoms with Gasteiger partial charge in [0.1, 0.15) is 0 Å². The molecule has 0 aliphatic rings. The van der Waals surface area contributed by atoms with E-state index in [2.05, 4.69) is 127 Å². The first-order valence-electron chi connectivity index (χ1n) is 10.8. The van der Waals surface area contributed by atoms with E-state index in [-0.39, 0.29) is 0 Å². The zero-order valence-corrected chi connectivity index (χ0v) is 18.4. The smallest absolute Gasteiger partial charge is 0.0701 e. The zero-order valence-electron chi connectivity index (χ0n) is 17.7. The van der Waals surface area contributed by atoms with Crippen molar-refractivity contribution in [2.24, 2.45) is 0 Å². The second-order valence-electron chi connectivity index (χ2n) is 7.94. The third-order valence-corrected chi connectivity index (χ3v) is 6.35. The van der Waals surface area contributed by atoms with Gasteiger partial charge in [-0.1, -0.05) is 133 Å². The Bertz CT molecular complexity index is 1190. The van der Waals surface area contributed by atoms with E-state index in [9.17, 15) is 0 Å². The molecule has 1 heteroatoms. The molecule has 0 aliphatic carbocycles. The fourth-order valence-electron chi connectivity index (χ4n) is 4.64. The summed E-state index contributed by atoms with van der Waals surface area (Å²) in [6, 6.07) is 49.3. The van der Waals surface area contributed by atoms with Crippen LogP contribution in [0.15, 0.2) is 140 Å². The van der Waals surface area contributed by atoms with Gasteiger partial charge in [0.15, 0.2) is 0 Å². The molecule has 0 bridgehead atoms. The van der Waals surface area contributed by atoms with Gasteiger partial charge in [-0.15, -0.1) is 0 Å². The van der Waals surface area contributed by atoms with E-state index in [4.69, 9.17) is 11.6 Å². The molecular weight excluding hydrogens is 408 g/mol. The first kappa shape index (κ1) is 20.3. The Balaban J connectivity index is 1.83. The van der Waals surface area contributed by atoms with Gasteiger partial charge in [0, 0.05) is 5.02 Å². The van der Waals surface area contributed by atoms with Gasteiger partial charge in [-0.25, -0.2) is 0 Å². The summed E-state index contributed by atoms with van der Waals surface area (Å²) in [6.07, 6.45) is 0. The molecule has 0 heterocycles. The quantitative estimate of drug-likeness (QED) is 0.245. The maximum atomic E-state index is 6.14. The van der Waals surface area contributed by atoms with Crippen molar-refractivity contribution < 1.29 is 0 Å². The highest BCUT2D eigenvalue weighted by atomic mass is 35.5. The highest BCUT2D eigenvalue weighted by molar-refractivity contribution is 6.30. The topological polar surface area (TPSA) is 0 Å². The normalized spacial score (nSPS) is 11.3. The molecular formula is C31H23Cl. The molecule has 0 amide bonds. The Kier molecular flexibility index (Phi) is 5.62. The number of benzene rings is 5. The number of hydrogen-bond donors (Lipinski definition) is 0. The lowest BCUT2D eigenvalue weighted by Crippen LogP contribution is -2.31. The molecule has 0 saturated carbocycles. The van der Waals surface area contributed by atoms with Crippen LogP contribution in [0.4, 0.5) is 0 Å². The van der Waals surface area contributed by atoms with Gasteiger partial charge in [0.05, 0.1) is 5.41 Å². The van der Waals surface area contributed by atoms with Gasteiger partial charge in [-0.05, 0) is 51.6 Å². The molecule has 0 spiro atoms. The van der Waals surface area contributed by atoms with Crippen molar-refractivity contribution in [3.8, 4) is 11.1 Å². The second kappa shape index (κ2) is 8.86. The number of halogens is 1. The Morgan fingerprint density at radius 3 is 1.28 bits per heavy atom. The second-order valence-corrected chi connectivity index (χ2v) is 8.37. The van der Waals surface area contributed by atoms with Crippen molar-refractivity contribution in [1.82, 2.24) is 0 Å². The molecule has 5 aromatic rings. The fourth-order valence-corrected chi connectivity index (χ4v) is 4.76. The first-order valence-corrected chi connectivity index (χ1v) is 11.2. The molecule has 0 saturated heterocycles. The maximum Gasteiger partial charge on any atom is 0.0701 e. The molecule has 0 unspecified atom stereocenters. The number of hydrogen-bond acceptors (Lipinski definition) is 0. The Hall–Kier alpha value is -3.61. The van der Waals surface area contributed by atoms with Crippen molar-refractivity contribution in [1.29, 1.82) is 0 Å². The minimum Gasteiger partial charge on any atom is -0.0843 e. The van der Waals surface area contributed by atoms with Crippen LogP contribution in [0.2, 0.25) is 5.02 Å². The molecule has 0 fully saturated rings. The van der Waals surface area contributed by atoms with E-state index in [0.29, 0.717) is 0 Å². The van der Waals surface area contributed by atoms with Crippen LogP contribution in [0.25, 0.3) is 11.1 Å². The monoisotopic (exact) mass is 430 g/mol. The van der Waals surface area contributed by atoms with Crippen LogP contribution in [0, 0.1) is 0 Å². The predicted octanol–water partition coefficient (Wildman–Crippen LogP) is 8.39. The molecule has 154 valence electrons. The number of rotatable bonds is 5. The zero-order chi connectivity index (χ0) is 21.8. The van der Waals surface area contributed by atoms with Crippen molar-refractivity contribution >= 4 is 11.6 Å². The van der Waals surface area contributed by atoms with Crippen LogP contribution < -0.4 is 0 Å². The molecule has 0 aliphatic heterocycles. The van der Waals surface area contributed by atoms with Gasteiger partial charge in [0.25, 0.3) is 0 Å². The molecule has 0 nitrogen and oxygen atoms in total. The summed E-state index contributed by atoms with van der Waals surface area (Å²) in [5.41, 5.74) is 6.84. The molecule has 5 rings (SSSR count). The summed E-state index contributed by atoms with van der Waals surface area (Å²) >= 11 is 6.14. The van der Waals surface area contributed by atoms with Gasteiger partial charge in [-0.3, -0.25) is 0 Å². The summed E-state index contributed by atoms with van der Waals surface area (Å²) in [6.45, 7) is 0. The minimum atomic E-state index is -0.438. The predicted molar refractivity (Wildman–Crippen MR) is 135 cm³/mol. The summed E-state index contributed by atoms with van der Waals surface area (Å²) in [5, 5.41) is 0.747. The molecule has 0 atom stereocenters. The third-order valence-electron chi connectivity index (χ3n) is 6.09. The van der Waals surface area contributed by atoms with Crippen molar-refractivity contribution in [2.75, 3.05) is 0 Å². The summed E-state index contributed by atoms with van der Waals surface area (Å²) < 4.78 is 0. The van der Waals surface area contributed by atoms with Crippen LogP contribution in [0.5, 0.6) is 0 Å². The lowest BCUT2D eigenvalue weighted by atomic mass is 9.65. The summed E-state index contributed by atoms with van der Waals surface area (Å²) in [7, 11) is 0. The molecule has 0 N–H and O–H groups in total. The molecule has 5 aromatic carbocycles. The van der Waals surface area contributed by atoms with Gasteiger partial charge >= 0.3 is 0 Å². The van der Waals surface area contributed by atoms with Crippen molar-refractivity contribution in [2.45, 2.75) is 5.41 Å². The fraction of sp³-hybridized carbons (Fsp3) is 0.0323. The highest BCUT2D eigenvalue weighted by Gasteiger charge is 2.38. The van der Waals surface area contributed by atoms with Crippen LogP contribution >= 0.6 is 11.6 Å². The van der Waals surface area contributed by atoms with Crippen molar-refractivity contribution in [3.05, 3.63) is 167 Å². The van der Waals surface area contributed by atoms with Gasteiger partial charge < -0.3 is 0 Å². The molecule has 32 heavy (non-hydrogen) atoms. The van der Waals surface area contributed by atoms with E-state index in [1.54, 1.807) is 0 Å². The van der Waals surface area contributed by atoms with E-state index in [1.807, 2.05) is 12.1 Å². The Morgan fingerprint density at radius 2 is 0.812 bits per heavy atom. The largest absolute Gasteiger partial charge is 0.0843 e. The first-order chi connectivity index (χ1) is 15.8. The lowest BCUT2D eigenvalue weighted by Gasteiger charge is -2.37. The third kappa shape index (κ3) is 3.64. The van der Waals surface area contributed by atoms with Crippen LogP contribution in [0.1, 0.15) is 22.3 Å². The standard InChI is InChI=1S/C31H23Cl/c32-30-21-19-24(20-22-30)25-11-10-18-29(23-25)31(26-12-4-1-5-13-26,27-14-6-2-7-15-27)28-16-8-3-9-17-28/h1-23H. The summed E-state index contributed by atoms with van der Waals surface area (Å²) in [4.78, 5) is 0. The van der Waals surface area contributed by atoms with E-state index < -0.39 is 5.41 Å². The maximum absolute atomic E-state index is 6.14. The van der Waals surface area contributed by atoms with E-state index in [0.717, 1.165) is 10.6 Å². The van der Waals surface area contributed by atoms with Gasteiger partial charge in [0.2, 0.25) is 0 Å². The van der Waals surface area contributed by atoms with E-state index >= 15 is 0 Å². The molecule has 0 radical (unpaired) electrons. The average molecular weight is 431 g/mol.